The van der Waals surface area contributed by atoms with Crippen molar-refractivity contribution in [1.82, 2.24) is 0 Å². The fraction of sp³-hybridized carbons (Fsp3) is 0. The molecule has 0 saturated heterocycles. The number of allylic oxidation sites excluding steroid dienone is 3. The van der Waals surface area contributed by atoms with Crippen LogP contribution in [0.4, 0.5) is 5.69 Å². The van der Waals surface area contributed by atoms with Crippen LogP contribution in [-0.2, 0) is 0 Å². The predicted molar refractivity (Wildman–Crippen MR) is 82.2 cm³/mol. The van der Waals surface area contributed by atoms with Gasteiger partial charge in [-0.1, -0.05) is 42.5 Å². The summed E-state index contributed by atoms with van der Waals surface area (Å²) < 4.78 is 0. The standard InChI is InChI=1S/C17H12N2O2/c18-13-16(8-4-7-14-5-2-1-3-6-14)15-9-11-17(12-10-15)19(20)21/h1-12H. The lowest BCUT2D eigenvalue weighted by atomic mass is 10.1. The molecule has 102 valence electrons. The van der Waals surface area contributed by atoms with Crippen LogP contribution in [0.1, 0.15) is 11.1 Å². The monoisotopic (exact) mass is 276 g/mol. The minimum absolute atomic E-state index is 0.0101. The van der Waals surface area contributed by atoms with Gasteiger partial charge in [-0.2, -0.15) is 5.26 Å². The summed E-state index contributed by atoms with van der Waals surface area (Å²) in [5.41, 5.74) is 2.16. The van der Waals surface area contributed by atoms with Gasteiger partial charge in [-0.05, 0) is 29.3 Å². The molecule has 2 aromatic rings. The van der Waals surface area contributed by atoms with Crippen LogP contribution < -0.4 is 0 Å². The Kier molecular flexibility index (Phi) is 4.62. The van der Waals surface area contributed by atoms with E-state index in [0.717, 1.165) is 5.56 Å². The first-order valence-electron chi connectivity index (χ1n) is 6.29. The molecule has 0 bridgehead atoms. The van der Waals surface area contributed by atoms with E-state index in [1.54, 1.807) is 24.3 Å². The van der Waals surface area contributed by atoms with E-state index < -0.39 is 4.92 Å². The summed E-state index contributed by atoms with van der Waals surface area (Å²) >= 11 is 0. The van der Waals surface area contributed by atoms with Crippen LogP contribution in [0.3, 0.4) is 0 Å². The van der Waals surface area contributed by atoms with E-state index in [-0.39, 0.29) is 5.69 Å². The Bertz CT molecular complexity index is 724. The van der Waals surface area contributed by atoms with Crippen molar-refractivity contribution in [3.8, 4) is 6.07 Å². The zero-order chi connectivity index (χ0) is 15.1. The molecule has 0 aromatic heterocycles. The fourth-order valence-corrected chi connectivity index (χ4v) is 1.78. The maximum absolute atomic E-state index is 10.6. The van der Waals surface area contributed by atoms with Gasteiger partial charge in [0.25, 0.3) is 5.69 Å². The molecular weight excluding hydrogens is 264 g/mol. The van der Waals surface area contributed by atoms with Crippen molar-refractivity contribution in [2.45, 2.75) is 0 Å². The molecule has 0 saturated carbocycles. The van der Waals surface area contributed by atoms with Gasteiger partial charge in [-0.15, -0.1) is 0 Å². The van der Waals surface area contributed by atoms with Gasteiger partial charge in [0.15, 0.2) is 0 Å². The third kappa shape index (κ3) is 3.88. The molecule has 0 N–H and O–H groups in total. The molecule has 0 aliphatic carbocycles. The number of hydrogen-bond donors (Lipinski definition) is 0. The highest BCUT2D eigenvalue weighted by molar-refractivity contribution is 5.79. The third-order valence-electron chi connectivity index (χ3n) is 2.86. The number of nitro groups is 1. The van der Waals surface area contributed by atoms with E-state index in [1.165, 1.54) is 12.1 Å². The molecule has 0 unspecified atom stereocenters. The van der Waals surface area contributed by atoms with Gasteiger partial charge in [0.05, 0.1) is 16.6 Å². The Morgan fingerprint density at radius 2 is 1.76 bits per heavy atom. The zero-order valence-corrected chi connectivity index (χ0v) is 11.1. The largest absolute Gasteiger partial charge is 0.269 e. The number of benzene rings is 2. The molecular formula is C17H12N2O2. The lowest BCUT2D eigenvalue weighted by Crippen LogP contribution is -1.88. The Morgan fingerprint density at radius 3 is 2.33 bits per heavy atom. The summed E-state index contributed by atoms with van der Waals surface area (Å²) in [6.45, 7) is 0. The number of nitriles is 1. The Labute approximate surface area is 122 Å². The van der Waals surface area contributed by atoms with E-state index in [4.69, 9.17) is 5.26 Å². The second-order valence-corrected chi connectivity index (χ2v) is 4.27. The smallest absolute Gasteiger partial charge is 0.258 e. The molecule has 2 aromatic carbocycles. The zero-order valence-electron chi connectivity index (χ0n) is 11.1. The minimum atomic E-state index is -0.463. The van der Waals surface area contributed by atoms with Crippen LogP contribution in [0.5, 0.6) is 0 Å². The summed E-state index contributed by atoms with van der Waals surface area (Å²) in [7, 11) is 0. The number of rotatable bonds is 4. The SMILES string of the molecule is N#CC(=CC=Cc1ccccc1)c1ccc([N+](=O)[O-])cc1. The van der Waals surface area contributed by atoms with E-state index in [9.17, 15) is 10.1 Å². The van der Waals surface area contributed by atoms with Crippen molar-refractivity contribution in [3.63, 3.8) is 0 Å². The van der Waals surface area contributed by atoms with Crippen molar-refractivity contribution in [3.05, 3.63) is 88.0 Å². The van der Waals surface area contributed by atoms with Crippen molar-refractivity contribution in [1.29, 1.82) is 5.26 Å². The second-order valence-electron chi connectivity index (χ2n) is 4.27. The van der Waals surface area contributed by atoms with Crippen LogP contribution in [0.25, 0.3) is 11.6 Å². The van der Waals surface area contributed by atoms with Crippen LogP contribution in [0, 0.1) is 21.4 Å². The molecule has 0 fully saturated rings. The number of non-ortho nitro benzene ring substituents is 1. The lowest BCUT2D eigenvalue weighted by molar-refractivity contribution is -0.384. The molecule has 4 nitrogen and oxygen atoms in total. The Balaban J connectivity index is 2.19. The normalized spacial score (nSPS) is 11.3. The van der Waals surface area contributed by atoms with Crippen LogP contribution in [0.15, 0.2) is 66.7 Å². The quantitative estimate of drug-likeness (QED) is 0.363. The van der Waals surface area contributed by atoms with Crippen molar-refractivity contribution < 1.29 is 4.92 Å². The highest BCUT2D eigenvalue weighted by Gasteiger charge is 2.05. The van der Waals surface area contributed by atoms with E-state index in [2.05, 4.69) is 6.07 Å². The summed E-state index contributed by atoms with van der Waals surface area (Å²) in [4.78, 5) is 10.1. The average Bonchev–Trinajstić information content (AvgIpc) is 2.53. The number of nitro benzene ring substituents is 1. The molecule has 0 heterocycles. The highest BCUT2D eigenvalue weighted by Crippen LogP contribution is 2.18. The second kappa shape index (κ2) is 6.83. The van der Waals surface area contributed by atoms with Crippen molar-refractivity contribution >= 4 is 17.3 Å². The molecule has 2 rings (SSSR count). The summed E-state index contributed by atoms with van der Waals surface area (Å²) in [5.74, 6) is 0. The van der Waals surface area contributed by atoms with Crippen LogP contribution >= 0.6 is 0 Å². The Hall–Kier alpha value is -3.19. The summed E-state index contributed by atoms with van der Waals surface area (Å²) in [6, 6.07) is 17.7. The van der Waals surface area contributed by atoms with Crippen LogP contribution in [0.2, 0.25) is 0 Å². The molecule has 4 heteroatoms. The van der Waals surface area contributed by atoms with Gasteiger partial charge >= 0.3 is 0 Å². The average molecular weight is 276 g/mol. The van der Waals surface area contributed by atoms with E-state index in [1.807, 2.05) is 36.4 Å². The third-order valence-corrected chi connectivity index (χ3v) is 2.86. The van der Waals surface area contributed by atoms with Gasteiger partial charge in [0.2, 0.25) is 0 Å². The van der Waals surface area contributed by atoms with E-state index >= 15 is 0 Å². The summed E-state index contributed by atoms with van der Waals surface area (Å²) in [5, 5.41) is 19.8. The van der Waals surface area contributed by atoms with E-state index in [0.29, 0.717) is 11.1 Å². The minimum Gasteiger partial charge on any atom is -0.258 e. The van der Waals surface area contributed by atoms with Gasteiger partial charge in [-0.3, -0.25) is 10.1 Å². The first-order valence-corrected chi connectivity index (χ1v) is 6.29. The molecule has 21 heavy (non-hydrogen) atoms. The summed E-state index contributed by atoms with van der Waals surface area (Å²) in [6.07, 6.45) is 5.37. The topological polar surface area (TPSA) is 66.9 Å². The van der Waals surface area contributed by atoms with Crippen molar-refractivity contribution in [2.75, 3.05) is 0 Å². The molecule has 0 amide bonds. The lowest BCUT2D eigenvalue weighted by Gasteiger charge is -1.97. The molecule has 0 spiro atoms. The maximum atomic E-state index is 10.6. The Morgan fingerprint density at radius 1 is 1.10 bits per heavy atom. The molecule has 0 atom stereocenters. The number of hydrogen-bond acceptors (Lipinski definition) is 3. The van der Waals surface area contributed by atoms with Gasteiger partial charge < -0.3 is 0 Å². The molecule has 0 radical (unpaired) electrons. The molecule has 0 aliphatic heterocycles. The molecule has 0 aliphatic rings. The first-order chi connectivity index (χ1) is 10.2. The van der Waals surface area contributed by atoms with Gasteiger partial charge in [0, 0.05) is 12.1 Å². The van der Waals surface area contributed by atoms with Crippen LogP contribution in [-0.4, -0.2) is 4.92 Å². The van der Waals surface area contributed by atoms with Gasteiger partial charge in [0.1, 0.15) is 0 Å². The predicted octanol–water partition coefficient (Wildman–Crippen LogP) is 4.22. The van der Waals surface area contributed by atoms with Crippen molar-refractivity contribution in [2.24, 2.45) is 0 Å². The highest BCUT2D eigenvalue weighted by atomic mass is 16.6. The number of nitrogens with zero attached hydrogens (tertiary/aromatic N) is 2. The van der Waals surface area contributed by atoms with Gasteiger partial charge in [-0.25, -0.2) is 0 Å². The first kappa shape index (κ1) is 14.2. The fourth-order valence-electron chi connectivity index (χ4n) is 1.78. The maximum Gasteiger partial charge on any atom is 0.269 e.